The van der Waals surface area contributed by atoms with Crippen LogP contribution in [0.2, 0.25) is 0 Å². The summed E-state index contributed by atoms with van der Waals surface area (Å²) in [7, 11) is 0. The molecule has 0 amide bonds. The molecule has 3 aromatic rings. The third-order valence-electron chi connectivity index (χ3n) is 6.61. The number of aliphatic hydroxyl groups excluding tert-OH is 1. The molecule has 1 aliphatic heterocycles. The van der Waals surface area contributed by atoms with Crippen LogP contribution in [-0.4, -0.2) is 20.9 Å². The van der Waals surface area contributed by atoms with Crippen molar-refractivity contribution >= 4 is 17.2 Å². The standard InChI is InChI=1S/C24H23FN2O3/c1-3-5-15-16(21(29)11-28)8-20-23-17(10-27(20)24(15)30)14-7-4-6-13-12(2)18(25)9-19(26-23)22(13)14/h8-9,11,21,29H,3-7,10H2,1-2H3. The number of benzene rings is 1. The molecule has 1 atom stereocenters. The van der Waals surface area contributed by atoms with Gasteiger partial charge in [0.25, 0.3) is 5.56 Å². The summed E-state index contributed by atoms with van der Waals surface area (Å²) in [6.07, 6.45) is 2.96. The van der Waals surface area contributed by atoms with Crippen LogP contribution in [-0.2, 0) is 30.6 Å². The van der Waals surface area contributed by atoms with Crippen molar-refractivity contribution in [3.63, 3.8) is 0 Å². The highest BCUT2D eigenvalue weighted by atomic mass is 19.1. The van der Waals surface area contributed by atoms with E-state index >= 15 is 0 Å². The molecule has 2 aromatic heterocycles. The van der Waals surface area contributed by atoms with Gasteiger partial charge in [-0.2, -0.15) is 0 Å². The molecule has 1 aromatic carbocycles. The second-order valence-electron chi connectivity index (χ2n) is 8.31. The van der Waals surface area contributed by atoms with Crippen LogP contribution in [0.4, 0.5) is 4.39 Å². The molecular formula is C24H23FN2O3. The van der Waals surface area contributed by atoms with E-state index in [2.05, 4.69) is 0 Å². The zero-order valence-corrected chi connectivity index (χ0v) is 17.1. The molecule has 1 N–H and O–H groups in total. The summed E-state index contributed by atoms with van der Waals surface area (Å²) in [5, 5.41) is 11.3. The lowest BCUT2D eigenvalue weighted by Gasteiger charge is -2.21. The van der Waals surface area contributed by atoms with E-state index < -0.39 is 6.10 Å². The minimum absolute atomic E-state index is 0.182. The minimum Gasteiger partial charge on any atom is -0.381 e. The SMILES string of the molecule is CCCc1c(C(O)C=O)cc2n(c1=O)Cc1c-2nc2cc(F)c(C)c3c2c1CCC3. The molecule has 0 radical (unpaired) electrons. The van der Waals surface area contributed by atoms with Gasteiger partial charge in [0.2, 0.25) is 0 Å². The zero-order valence-electron chi connectivity index (χ0n) is 17.1. The molecule has 5 nitrogen and oxygen atoms in total. The Kier molecular flexibility index (Phi) is 4.36. The van der Waals surface area contributed by atoms with Crippen LogP contribution in [0.15, 0.2) is 16.9 Å². The maximum atomic E-state index is 14.6. The van der Waals surface area contributed by atoms with E-state index in [-0.39, 0.29) is 11.4 Å². The maximum Gasteiger partial charge on any atom is 0.254 e. The summed E-state index contributed by atoms with van der Waals surface area (Å²) in [6.45, 7) is 4.20. The number of hydrogen-bond acceptors (Lipinski definition) is 4. The number of carbonyl (C=O) groups is 1. The van der Waals surface area contributed by atoms with Crippen molar-refractivity contribution in [1.29, 1.82) is 0 Å². The van der Waals surface area contributed by atoms with Crippen molar-refractivity contribution in [1.82, 2.24) is 9.55 Å². The second kappa shape index (κ2) is 6.84. The van der Waals surface area contributed by atoms with E-state index in [1.54, 1.807) is 10.6 Å². The van der Waals surface area contributed by atoms with Crippen molar-refractivity contribution in [3.8, 4) is 11.4 Å². The minimum atomic E-state index is -1.35. The van der Waals surface area contributed by atoms with Gasteiger partial charge in [0.05, 0.1) is 23.4 Å². The quantitative estimate of drug-likeness (QED) is 0.526. The first-order valence-corrected chi connectivity index (χ1v) is 10.5. The molecule has 0 saturated carbocycles. The van der Waals surface area contributed by atoms with Crippen LogP contribution in [0.5, 0.6) is 0 Å². The topological polar surface area (TPSA) is 72.2 Å². The fraction of sp³-hybridized carbons (Fsp3) is 0.375. The number of fused-ring (bicyclic) bond motifs is 4. The maximum absolute atomic E-state index is 14.6. The lowest BCUT2D eigenvalue weighted by atomic mass is 9.85. The predicted octanol–water partition coefficient (Wildman–Crippen LogP) is 3.55. The smallest absolute Gasteiger partial charge is 0.254 e. The van der Waals surface area contributed by atoms with E-state index in [4.69, 9.17) is 4.98 Å². The Hall–Kier alpha value is -2.86. The Morgan fingerprint density at radius 1 is 1.27 bits per heavy atom. The molecular weight excluding hydrogens is 383 g/mol. The average Bonchev–Trinajstić information content (AvgIpc) is 3.12. The number of rotatable bonds is 4. The summed E-state index contributed by atoms with van der Waals surface area (Å²) in [5.41, 5.74) is 6.37. The van der Waals surface area contributed by atoms with E-state index in [0.717, 1.165) is 47.8 Å². The fourth-order valence-corrected chi connectivity index (χ4v) is 5.16. The zero-order chi connectivity index (χ0) is 21.2. The number of aromatic nitrogens is 2. The van der Waals surface area contributed by atoms with Crippen molar-refractivity contribution in [2.75, 3.05) is 0 Å². The van der Waals surface area contributed by atoms with Crippen LogP contribution < -0.4 is 5.56 Å². The Morgan fingerprint density at radius 2 is 2.03 bits per heavy atom. The average molecular weight is 406 g/mol. The summed E-state index contributed by atoms with van der Waals surface area (Å²) in [5.74, 6) is -0.261. The third kappa shape index (κ3) is 2.53. The van der Waals surface area contributed by atoms with Crippen molar-refractivity contribution in [2.45, 2.75) is 58.6 Å². The molecule has 0 saturated heterocycles. The largest absolute Gasteiger partial charge is 0.381 e. The summed E-state index contributed by atoms with van der Waals surface area (Å²) in [6, 6.07) is 3.20. The lowest BCUT2D eigenvalue weighted by molar-refractivity contribution is -0.115. The molecule has 5 rings (SSSR count). The van der Waals surface area contributed by atoms with Gasteiger partial charge in [-0.25, -0.2) is 9.37 Å². The van der Waals surface area contributed by atoms with E-state index in [0.29, 0.717) is 52.8 Å². The van der Waals surface area contributed by atoms with Gasteiger partial charge in [-0.1, -0.05) is 13.3 Å². The number of carbonyl (C=O) groups excluding carboxylic acids is 1. The molecule has 0 spiro atoms. The molecule has 3 heterocycles. The van der Waals surface area contributed by atoms with Crippen molar-refractivity contribution in [2.24, 2.45) is 0 Å². The summed E-state index contributed by atoms with van der Waals surface area (Å²) < 4.78 is 16.2. The Balaban J connectivity index is 1.84. The van der Waals surface area contributed by atoms with Crippen LogP contribution in [0, 0.1) is 12.7 Å². The van der Waals surface area contributed by atoms with Crippen LogP contribution in [0.1, 0.15) is 59.3 Å². The number of aryl methyl sites for hydroxylation is 2. The Morgan fingerprint density at radius 3 is 2.77 bits per heavy atom. The highest BCUT2D eigenvalue weighted by Gasteiger charge is 2.31. The molecule has 0 fully saturated rings. The predicted molar refractivity (Wildman–Crippen MR) is 112 cm³/mol. The van der Waals surface area contributed by atoms with Gasteiger partial charge in [-0.05, 0) is 60.9 Å². The van der Waals surface area contributed by atoms with Gasteiger partial charge in [0.15, 0.2) is 6.29 Å². The van der Waals surface area contributed by atoms with Crippen molar-refractivity contribution in [3.05, 3.63) is 61.7 Å². The van der Waals surface area contributed by atoms with Gasteiger partial charge >= 0.3 is 0 Å². The molecule has 6 heteroatoms. The van der Waals surface area contributed by atoms with Gasteiger partial charge in [-0.15, -0.1) is 0 Å². The van der Waals surface area contributed by atoms with E-state index in [1.165, 1.54) is 6.07 Å². The highest BCUT2D eigenvalue weighted by molar-refractivity contribution is 5.92. The first-order chi connectivity index (χ1) is 14.5. The Labute approximate surface area is 173 Å². The van der Waals surface area contributed by atoms with Crippen LogP contribution >= 0.6 is 0 Å². The first-order valence-electron chi connectivity index (χ1n) is 10.5. The Bertz CT molecular complexity index is 1290. The van der Waals surface area contributed by atoms with E-state index in [1.807, 2.05) is 13.8 Å². The monoisotopic (exact) mass is 406 g/mol. The summed E-state index contributed by atoms with van der Waals surface area (Å²) in [4.78, 5) is 29.4. The molecule has 1 unspecified atom stereocenters. The second-order valence-corrected chi connectivity index (χ2v) is 8.31. The van der Waals surface area contributed by atoms with Crippen LogP contribution in [0.25, 0.3) is 22.3 Å². The molecule has 30 heavy (non-hydrogen) atoms. The molecule has 0 bridgehead atoms. The number of aliphatic hydroxyl groups is 1. The lowest BCUT2D eigenvalue weighted by Crippen LogP contribution is -2.26. The number of pyridine rings is 2. The third-order valence-corrected chi connectivity index (χ3v) is 6.61. The molecule has 1 aliphatic carbocycles. The van der Waals surface area contributed by atoms with Gasteiger partial charge in [0, 0.05) is 22.6 Å². The van der Waals surface area contributed by atoms with Gasteiger partial charge < -0.3 is 14.5 Å². The van der Waals surface area contributed by atoms with Crippen molar-refractivity contribution < 1.29 is 14.3 Å². The molecule has 154 valence electrons. The summed E-state index contributed by atoms with van der Waals surface area (Å²) >= 11 is 0. The van der Waals surface area contributed by atoms with Crippen LogP contribution in [0.3, 0.4) is 0 Å². The number of hydrogen-bond donors (Lipinski definition) is 1. The highest BCUT2D eigenvalue weighted by Crippen LogP contribution is 2.41. The first kappa shape index (κ1) is 19.1. The number of halogens is 1. The fourth-order valence-electron chi connectivity index (χ4n) is 5.16. The van der Waals surface area contributed by atoms with E-state index in [9.17, 15) is 19.1 Å². The number of aldehydes is 1. The van der Waals surface area contributed by atoms with Gasteiger partial charge in [0.1, 0.15) is 11.9 Å². The number of nitrogens with zero attached hydrogens (tertiary/aromatic N) is 2. The molecule has 2 aliphatic rings. The van der Waals surface area contributed by atoms with Gasteiger partial charge in [-0.3, -0.25) is 4.79 Å². The normalized spacial score (nSPS) is 15.2.